The van der Waals surface area contributed by atoms with Gasteiger partial charge in [0.25, 0.3) is 0 Å². The number of methoxy groups -OCH3 is 1. The highest BCUT2D eigenvalue weighted by atomic mass is 16.5. The van der Waals surface area contributed by atoms with Gasteiger partial charge in [-0.3, -0.25) is 0 Å². The monoisotopic (exact) mass is 468 g/mol. The number of benzene rings is 2. The van der Waals surface area contributed by atoms with Crippen molar-refractivity contribution in [2.24, 2.45) is 0 Å². The predicted molar refractivity (Wildman–Crippen MR) is 131 cm³/mol. The zero-order valence-electron chi connectivity index (χ0n) is 19.3. The van der Waals surface area contributed by atoms with Crippen molar-refractivity contribution in [1.82, 2.24) is 0 Å². The highest BCUT2D eigenvalue weighted by molar-refractivity contribution is 5.96. The molecular weight excluding hydrogens is 436 g/mol. The number of hydrogen-bond donors (Lipinski definition) is 3. The number of esters is 1. The molecule has 0 amide bonds. The van der Waals surface area contributed by atoms with Crippen LogP contribution < -0.4 is 4.74 Å². The average molecular weight is 469 g/mol. The molecule has 3 atom stereocenters. The molecule has 0 bridgehead atoms. The minimum Gasteiger partial charge on any atom is -0.507 e. The summed E-state index contributed by atoms with van der Waals surface area (Å²) >= 11 is 0. The number of phenols is 1. The van der Waals surface area contributed by atoms with Gasteiger partial charge in [-0.1, -0.05) is 48.6 Å². The van der Waals surface area contributed by atoms with Crippen molar-refractivity contribution in [3.05, 3.63) is 90.5 Å². The summed E-state index contributed by atoms with van der Waals surface area (Å²) in [4.78, 5) is 12.9. The maximum absolute atomic E-state index is 12.9. The third-order valence-corrected chi connectivity index (χ3v) is 5.06. The van der Waals surface area contributed by atoms with Crippen LogP contribution in [0.4, 0.5) is 0 Å². The Kier molecular flexibility index (Phi) is 11.1. The Balaban J connectivity index is 2.05. The molecule has 2 aromatic rings. The first-order valence-corrected chi connectivity index (χ1v) is 10.9. The number of aromatic hydroxyl groups is 1. The van der Waals surface area contributed by atoms with Crippen LogP contribution in [0.15, 0.2) is 73.9 Å². The van der Waals surface area contributed by atoms with Crippen molar-refractivity contribution in [3.63, 3.8) is 0 Å². The second kappa shape index (κ2) is 14.0. The number of aliphatic hydroxyl groups is 2. The van der Waals surface area contributed by atoms with Gasteiger partial charge in [0.1, 0.15) is 23.2 Å². The van der Waals surface area contributed by atoms with Gasteiger partial charge < -0.3 is 29.5 Å². The van der Waals surface area contributed by atoms with Crippen LogP contribution in [0.5, 0.6) is 11.5 Å². The fraction of sp³-hybridized carbons (Fsp3) is 0.296. The number of rotatable bonds is 14. The molecule has 2 aromatic carbocycles. The van der Waals surface area contributed by atoms with Crippen LogP contribution in [-0.4, -0.2) is 53.3 Å². The molecule has 0 aromatic heterocycles. The summed E-state index contributed by atoms with van der Waals surface area (Å²) in [5.74, 6) is -0.243. The molecule has 182 valence electrons. The van der Waals surface area contributed by atoms with Gasteiger partial charge in [-0.2, -0.15) is 0 Å². The van der Waals surface area contributed by atoms with Crippen LogP contribution in [0.25, 0.3) is 6.08 Å². The van der Waals surface area contributed by atoms with Gasteiger partial charge in [-0.25, -0.2) is 4.79 Å². The van der Waals surface area contributed by atoms with Gasteiger partial charge in [-0.15, -0.1) is 13.2 Å². The molecule has 0 aliphatic carbocycles. The number of hydrogen-bond acceptors (Lipinski definition) is 7. The van der Waals surface area contributed by atoms with E-state index in [1.54, 1.807) is 19.2 Å². The van der Waals surface area contributed by atoms with E-state index in [0.717, 1.165) is 11.3 Å². The molecule has 0 saturated carbocycles. The number of carbonyl (C=O) groups is 1. The lowest BCUT2D eigenvalue weighted by Crippen LogP contribution is -2.25. The predicted octanol–water partition coefficient (Wildman–Crippen LogP) is 4.03. The van der Waals surface area contributed by atoms with Gasteiger partial charge in [0.15, 0.2) is 0 Å². The molecule has 0 aliphatic heterocycles. The van der Waals surface area contributed by atoms with Crippen molar-refractivity contribution in [1.29, 1.82) is 0 Å². The van der Waals surface area contributed by atoms with E-state index in [4.69, 9.17) is 14.2 Å². The summed E-state index contributed by atoms with van der Waals surface area (Å²) in [6.07, 6.45) is 3.66. The topological polar surface area (TPSA) is 105 Å². The lowest BCUT2D eigenvalue weighted by molar-refractivity contribution is 0.00489. The highest BCUT2D eigenvalue weighted by Crippen LogP contribution is 2.25. The van der Waals surface area contributed by atoms with Crippen LogP contribution in [0.2, 0.25) is 0 Å². The van der Waals surface area contributed by atoms with E-state index < -0.39 is 24.3 Å². The molecule has 34 heavy (non-hydrogen) atoms. The molecule has 1 unspecified atom stereocenters. The number of phenolic OH excluding ortho intramolecular Hbond substituents is 1. The Bertz CT molecular complexity index is 965. The molecule has 7 nitrogen and oxygen atoms in total. The number of carbonyl (C=O) groups excluding carboxylic acids is 1. The van der Waals surface area contributed by atoms with Gasteiger partial charge in [0.2, 0.25) is 0 Å². The average Bonchev–Trinajstić information content (AvgIpc) is 2.85. The summed E-state index contributed by atoms with van der Waals surface area (Å²) in [7, 11) is 1.60. The SMILES string of the molecule is C=CC(O)/C=C/c1cccc(O)c1C(=O)O[C@H](CCOCc1ccc(OC)cc1)C[C@@H](O)C=C. The minimum absolute atomic E-state index is 0.0349. The lowest BCUT2D eigenvalue weighted by Gasteiger charge is -2.20. The fourth-order valence-corrected chi connectivity index (χ4v) is 3.13. The third kappa shape index (κ3) is 8.51. The van der Waals surface area contributed by atoms with Crippen molar-refractivity contribution >= 4 is 12.0 Å². The molecule has 0 spiro atoms. The molecule has 3 N–H and O–H groups in total. The number of ether oxygens (including phenoxy) is 3. The third-order valence-electron chi connectivity index (χ3n) is 5.06. The largest absolute Gasteiger partial charge is 0.507 e. The molecule has 0 fully saturated rings. The number of aliphatic hydroxyl groups excluding tert-OH is 2. The highest BCUT2D eigenvalue weighted by Gasteiger charge is 2.22. The van der Waals surface area contributed by atoms with Crippen molar-refractivity contribution in [2.45, 2.75) is 37.8 Å². The molecule has 0 heterocycles. The van der Waals surface area contributed by atoms with Gasteiger partial charge in [-0.05, 0) is 29.3 Å². The van der Waals surface area contributed by atoms with E-state index in [2.05, 4.69) is 13.2 Å². The molecule has 0 aliphatic rings. The summed E-state index contributed by atoms with van der Waals surface area (Å²) in [6.45, 7) is 7.71. The molecular formula is C27H32O7. The second-order valence-corrected chi connectivity index (χ2v) is 7.58. The molecule has 7 heteroatoms. The van der Waals surface area contributed by atoms with E-state index in [1.165, 1.54) is 30.4 Å². The zero-order valence-corrected chi connectivity index (χ0v) is 19.3. The minimum atomic E-state index is -0.899. The maximum Gasteiger partial charge on any atom is 0.342 e. The Morgan fingerprint density at radius 3 is 2.47 bits per heavy atom. The Morgan fingerprint density at radius 2 is 1.82 bits per heavy atom. The second-order valence-electron chi connectivity index (χ2n) is 7.58. The summed E-state index contributed by atoms with van der Waals surface area (Å²) in [5.41, 5.74) is 1.31. The van der Waals surface area contributed by atoms with Crippen LogP contribution in [0, 0.1) is 0 Å². The molecule has 0 radical (unpaired) electrons. The standard InChI is InChI=1S/C27H32O7/c1-4-21(28)12-11-20-7-6-8-25(30)26(20)27(31)34-24(17-22(29)5-2)15-16-33-18-19-9-13-23(32-3)14-10-19/h4-14,21-22,24,28-30H,1-2,15-18H2,3H3/b12-11+/t21?,22-,24+/m0/s1. The smallest absolute Gasteiger partial charge is 0.342 e. The van der Waals surface area contributed by atoms with Crippen LogP contribution in [0.1, 0.15) is 34.3 Å². The van der Waals surface area contributed by atoms with E-state index in [0.29, 0.717) is 18.6 Å². The van der Waals surface area contributed by atoms with Crippen LogP contribution >= 0.6 is 0 Å². The van der Waals surface area contributed by atoms with Gasteiger partial charge in [0.05, 0.1) is 32.5 Å². The van der Waals surface area contributed by atoms with E-state index >= 15 is 0 Å². The van der Waals surface area contributed by atoms with Gasteiger partial charge in [0, 0.05) is 12.8 Å². The Labute approximate surface area is 200 Å². The Hall–Kier alpha value is -3.39. The molecule has 2 rings (SSSR count). The first-order valence-electron chi connectivity index (χ1n) is 10.9. The fourth-order valence-electron chi connectivity index (χ4n) is 3.13. The van der Waals surface area contributed by atoms with Crippen LogP contribution in [0.3, 0.4) is 0 Å². The summed E-state index contributed by atoms with van der Waals surface area (Å²) in [6, 6.07) is 12.1. The van der Waals surface area contributed by atoms with Gasteiger partial charge >= 0.3 is 5.97 Å². The van der Waals surface area contributed by atoms with E-state index in [-0.39, 0.29) is 24.3 Å². The first kappa shape index (κ1) is 26.9. The lowest BCUT2D eigenvalue weighted by atomic mass is 10.0. The summed E-state index contributed by atoms with van der Waals surface area (Å²) < 4.78 is 16.5. The molecule has 0 saturated heterocycles. The first-order chi connectivity index (χ1) is 16.4. The van der Waals surface area contributed by atoms with Crippen molar-refractivity contribution < 1.29 is 34.3 Å². The normalized spacial score (nSPS) is 13.7. The van der Waals surface area contributed by atoms with Crippen molar-refractivity contribution in [3.8, 4) is 11.5 Å². The Morgan fingerprint density at radius 1 is 1.09 bits per heavy atom. The zero-order chi connectivity index (χ0) is 24.9. The van der Waals surface area contributed by atoms with Crippen molar-refractivity contribution in [2.75, 3.05) is 13.7 Å². The van der Waals surface area contributed by atoms with Crippen LogP contribution in [-0.2, 0) is 16.1 Å². The summed E-state index contributed by atoms with van der Waals surface area (Å²) in [5, 5.41) is 30.0. The maximum atomic E-state index is 12.9. The quantitative estimate of drug-likeness (QED) is 0.218. The van der Waals surface area contributed by atoms with E-state index in [9.17, 15) is 20.1 Å². The van der Waals surface area contributed by atoms with E-state index in [1.807, 2.05) is 24.3 Å².